The molecule has 0 radical (unpaired) electrons. The maximum Gasteiger partial charge on any atom is 0.250 e. The van der Waals surface area contributed by atoms with Crippen LogP contribution in [0, 0.1) is 0 Å². The van der Waals surface area contributed by atoms with Gasteiger partial charge in [-0.05, 0) is 61.1 Å². The number of amides is 2. The van der Waals surface area contributed by atoms with E-state index in [9.17, 15) is 9.59 Å². The van der Waals surface area contributed by atoms with Crippen molar-refractivity contribution in [3.8, 4) is 17.2 Å². The van der Waals surface area contributed by atoms with Gasteiger partial charge in [0.05, 0.1) is 20.8 Å². The minimum Gasteiger partial charge on any atom is -0.494 e. The topological polar surface area (TPSA) is 68.3 Å². The molecule has 2 fully saturated rings. The molecular weight excluding hydrogens is 468 g/mol. The molecule has 37 heavy (non-hydrogen) atoms. The molecule has 2 amide bonds. The highest BCUT2D eigenvalue weighted by Crippen LogP contribution is 2.34. The molecule has 1 saturated heterocycles. The van der Waals surface area contributed by atoms with Crippen molar-refractivity contribution in [3.05, 3.63) is 53.6 Å². The third kappa shape index (κ3) is 6.38. The van der Waals surface area contributed by atoms with E-state index in [0.29, 0.717) is 31.1 Å². The van der Waals surface area contributed by atoms with Gasteiger partial charge in [-0.1, -0.05) is 50.8 Å². The highest BCUT2D eigenvalue weighted by atomic mass is 16.5. The second-order valence-electron chi connectivity index (χ2n) is 9.96. The van der Waals surface area contributed by atoms with Gasteiger partial charge in [0.1, 0.15) is 18.3 Å². The van der Waals surface area contributed by atoms with Crippen LogP contribution in [0.2, 0.25) is 0 Å². The minimum absolute atomic E-state index is 0.000998. The lowest BCUT2D eigenvalue weighted by molar-refractivity contribution is -0.159. The number of nitrogens with zero attached hydrogens (tertiary/aromatic N) is 2. The number of carbonyl (C=O) groups excluding carboxylic acids is 2. The van der Waals surface area contributed by atoms with Crippen LogP contribution in [0.25, 0.3) is 0 Å². The van der Waals surface area contributed by atoms with Gasteiger partial charge in [-0.3, -0.25) is 9.59 Å². The second kappa shape index (κ2) is 12.8. The van der Waals surface area contributed by atoms with E-state index in [1.165, 1.54) is 6.42 Å². The average Bonchev–Trinajstić information content (AvgIpc) is 2.94. The Kier molecular flexibility index (Phi) is 9.31. The average molecular weight is 509 g/mol. The summed E-state index contributed by atoms with van der Waals surface area (Å²) in [5, 5.41) is 0. The Balaban J connectivity index is 1.57. The van der Waals surface area contributed by atoms with Crippen LogP contribution in [0.4, 0.5) is 0 Å². The number of piperazine rings is 1. The smallest absolute Gasteiger partial charge is 0.250 e. The highest BCUT2D eigenvalue weighted by Gasteiger charge is 2.42. The summed E-state index contributed by atoms with van der Waals surface area (Å²) in [5.74, 6) is 2.13. The van der Waals surface area contributed by atoms with Crippen molar-refractivity contribution in [3.63, 3.8) is 0 Å². The highest BCUT2D eigenvalue weighted by molar-refractivity contribution is 5.95. The number of hydrogen-bond acceptors (Lipinski definition) is 5. The Morgan fingerprint density at radius 3 is 2.32 bits per heavy atom. The molecule has 7 heteroatoms. The first kappa shape index (κ1) is 26.8. The number of ether oxygens (including phenoxy) is 3. The van der Waals surface area contributed by atoms with Gasteiger partial charge in [0.15, 0.2) is 11.5 Å². The molecule has 1 aliphatic carbocycles. The van der Waals surface area contributed by atoms with Gasteiger partial charge < -0.3 is 24.0 Å². The fourth-order valence-corrected chi connectivity index (χ4v) is 5.39. The molecule has 7 nitrogen and oxygen atoms in total. The Morgan fingerprint density at radius 2 is 1.65 bits per heavy atom. The Labute approximate surface area is 220 Å². The van der Waals surface area contributed by atoms with Crippen LogP contribution in [0.15, 0.2) is 42.5 Å². The summed E-state index contributed by atoms with van der Waals surface area (Å²) in [7, 11) is 3.22. The molecule has 2 aromatic rings. The van der Waals surface area contributed by atoms with Gasteiger partial charge in [0, 0.05) is 12.6 Å². The summed E-state index contributed by atoms with van der Waals surface area (Å²) in [4.78, 5) is 31.1. The maximum absolute atomic E-state index is 13.9. The molecule has 1 atom stereocenters. The summed E-state index contributed by atoms with van der Waals surface area (Å²) in [6.45, 7) is 3.40. The number of unbranched alkanes of at least 4 members (excludes halogenated alkanes) is 1. The maximum atomic E-state index is 13.9. The first-order valence-corrected chi connectivity index (χ1v) is 13.6. The fraction of sp³-hybridized carbons (Fsp3) is 0.533. The molecular formula is C30H40N2O5. The van der Waals surface area contributed by atoms with Crippen molar-refractivity contribution in [2.75, 3.05) is 33.9 Å². The van der Waals surface area contributed by atoms with Crippen LogP contribution in [0.5, 0.6) is 17.2 Å². The van der Waals surface area contributed by atoms with E-state index in [0.717, 1.165) is 55.4 Å². The molecule has 0 bridgehead atoms. The van der Waals surface area contributed by atoms with Crippen LogP contribution in [-0.2, 0) is 16.0 Å². The number of methoxy groups -OCH3 is 2. The first-order chi connectivity index (χ1) is 18.0. The fourth-order valence-electron chi connectivity index (χ4n) is 5.39. The van der Waals surface area contributed by atoms with Gasteiger partial charge in [-0.25, -0.2) is 0 Å². The zero-order valence-corrected chi connectivity index (χ0v) is 22.4. The Morgan fingerprint density at radius 1 is 0.919 bits per heavy atom. The zero-order chi connectivity index (χ0) is 26.2. The quantitative estimate of drug-likeness (QED) is 0.392. The zero-order valence-electron chi connectivity index (χ0n) is 22.4. The predicted molar refractivity (Wildman–Crippen MR) is 143 cm³/mol. The molecule has 0 N–H and O–H groups in total. The number of benzene rings is 2. The molecule has 2 aromatic carbocycles. The lowest BCUT2D eigenvalue weighted by Crippen LogP contribution is -2.58. The Bertz CT molecular complexity index is 1050. The third-order valence-corrected chi connectivity index (χ3v) is 7.52. The number of rotatable bonds is 11. The van der Waals surface area contributed by atoms with E-state index in [-0.39, 0.29) is 24.4 Å². The molecule has 0 aromatic heterocycles. The molecule has 2 aliphatic rings. The van der Waals surface area contributed by atoms with Gasteiger partial charge >= 0.3 is 0 Å². The van der Waals surface area contributed by atoms with Gasteiger partial charge in [0.25, 0.3) is 5.91 Å². The Hall–Kier alpha value is -3.22. The van der Waals surface area contributed by atoms with Crippen LogP contribution in [0.3, 0.4) is 0 Å². The van der Waals surface area contributed by atoms with Crippen molar-refractivity contribution in [2.45, 2.75) is 70.4 Å². The monoisotopic (exact) mass is 508 g/mol. The van der Waals surface area contributed by atoms with E-state index in [2.05, 4.69) is 6.92 Å². The van der Waals surface area contributed by atoms with E-state index < -0.39 is 6.04 Å². The van der Waals surface area contributed by atoms with E-state index >= 15 is 0 Å². The molecule has 0 spiro atoms. The molecule has 1 unspecified atom stereocenters. The SMILES string of the molecule is CCCCOc1ccc(C2C(=O)N(C3CCCCC3)CC(=O)N2CCc2ccc(OC)c(OC)c2)cc1. The summed E-state index contributed by atoms with van der Waals surface area (Å²) in [5.41, 5.74) is 1.85. The van der Waals surface area contributed by atoms with Crippen molar-refractivity contribution >= 4 is 11.8 Å². The van der Waals surface area contributed by atoms with E-state index in [1.807, 2.05) is 47.4 Å². The van der Waals surface area contributed by atoms with Crippen molar-refractivity contribution in [2.24, 2.45) is 0 Å². The molecule has 200 valence electrons. The molecule has 1 saturated carbocycles. The largest absolute Gasteiger partial charge is 0.494 e. The summed E-state index contributed by atoms with van der Waals surface area (Å²) >= 11 is 0. The minimum atomic E-state index is -0.631. The van der Waals surface area contributed by atoms with Crippen molar-refractivity contribution < 1.29 is 23.8 Å². The van der Waals surface area contributed by atoms with Gasteiger partial charge in [-0.15, -0.1) is 0 Å². The lowest BCUT2D eigenvalue weighted by Gasteiger charge is -2.44. The predicted octanol–water partition coefficient (Wildman–Crippen LogP) is 5.17. The van der Waals surface area contributed by atoms with Crippen molar-refractivity contribution in [1.82, 2.24) is 9.80 Å². The number of carbonyl (C=O) groups is 2. The normalized spacial score (nSPS) is 18.7. The van der Waals surface area contributed by atoms with Gasteiger partial charge in [0.2, 0.25) is 5.91 Å². The molecule has 1 heterocycles. The van der Waals surface area contributed by atoms with E-state index in [4.69, 9.17) is 14.2 Å². The first-order valence-electron chi connectivity index (χ1n) is 13.6. The lowest BCUT2D eigenvalue weighted by atomic mass is 9.91. The van der Waals surface area contributed by atoms with Crippen LogP contribution < -0.4 is 14.2 Å². The van der Waals surface area contributed by atoms with E-state index in [1.54, 1.807) is 19.1 Å². The molecule has 4 rings (SSSR count). The summed E-state index contributed by atoms with van der Waals surface area (Å²) < 4.78 is 16.6. The van der Waals surface area contributed by atoms with Gasteiger partial charge in [-0.2, -0.15) is 0 Å². The van der Waals surface area contributed by atoms with Crippen LogP contribution >= 0.6 is 0 Å². The second-order valence-corrected chi connectivity index (χ2v) is 9.96. The summed E-state index contributed by atoms with van der Waals surface area (Å²) in [6, 6.07) is 13.0. The standard InChI is InChI=1S/C30H40N2O5/c1-4-5-19-37-25-14-12-23(13-15-25)29-30(34)32(24-9-7-6-8-10-24)21-28(33)31(29)18-17-22-11-16-26(35-2)27(20-22)36-3/h11-16,20,24,29H,4-10,17-19,21H2,1-3H3. The molecule has 1 aliphatic heterocycles. The number of hydrogen-bond donors (Lipinski definition) is 0. The summed E-state index contributed by atoms with van der Waals surface area (Å²) in [6.07, 6.45) is 8.05. The van der Waals surface area contributed by atoms with Crippen LogP contribution in [-0.4, -0.2) is 61.6 Å². The third-order valence-electron chi connectivity index (χ3n) is 7.52. The van der Waals surface area contributed by atoms with Crippen molar-refractivity contribution in [1.29, 1.82) is 0 Å². The van der Waals surface area contributed by atoms with Crippen LogP contribution in [0.1, 0.15) is 69.0 Å².